The van der Waals surface area contributed by atoms with Gasteiger partial charge in [-0.15, -0.1) is 0 Å². The Balaban J connectivity index is 1.49. The zero-order chi connectivity index (χ0) is 25.0. The monoisotopic (exact) mass is 479 g/mol. The SMILES string of the molecule is CCOC(=O)CNC(=O)OC[N+]1(C)CCc2c(c3cc(C)ccc3n2CCc2ccc(C)nc2)C1. The third-order valence-corrected chi connectivity index (χ3v) is 6.66. The van der Waals surface area contributed by atoms with Gasteiger partial charge in [0.1, 0.15) is 13.1 Å². The van der Waals surface area contributed by atoms with Gasteiger partial charge in [0, 0.05) is 47.0 Å². The van der Waals surface area contributed by atoms with Crippen LogP contribution in [0.4, 0.5) is 4.79 Å². The van der Waals surface area contributed by atoms with Crippen LogP contribution in [0.2, 0.25) is 0 Å². The zero-order valence-electron chi connectivity index (χ0n) is 21.1. The number of esters is 1. The fraction of sp³-hybridized carbons (Fsp3) is 0.444. The second-order valence-corrected chi connectivity index (χ2v) is 9.63. The molecule has 8 heteroatoms. The zero-order valence-corrected chi connectivity index (χ0v) is 21.1. The summed E-state index contributed by atoms with van der Waals surface area (Å²) < 4.78 is 13.4. The van der Waals surface area contributed by atoms with E-state index >= 15 is 0 Å². The first-order chi connectivity index (χ1) is 16.8. The van der Waals surface area contributed by atoms with E-state index in [1.165, 1.54) is 33.3 Å². The van der Waals surface area contributed by atoms with E-state index in [0.717, 1.165) is 38.2 Å². The highest BCUT2D eigenvalue weighted by Crippen LogP contribution is 2.34. The van der Waals surface area contributed by atoms with E-state index in [9.17, 15) is 9.59 Å². The summed E-state index contributed by atoms with van der Waals surface area (Å²) in [5.41, 5.74) is 7.44. The fourth-order valence-electron chi connectivity index (χ4n) is 4.76. The quantitative estimate of drug-likeness (QED) is 0.394. The maximum Gasteiger partial charge on any atom is 0.411 e. The van der Waals surface area contributed by atoms with Crippen LogP contribution < -0.4 is 5.32 Å². The number of likely N-dealkylation sites (N-methyl/N-ethyl adjacent to an activating group) is 1. The molecule has 1 atom stereocenters. The van der Waals surface area contributed by atoms with Gasteiger partial charge in [-0.1, -0.05) is 17.7 Å². The van der Waals surface area contributed by atoms with Crippen LogP contribution in [0.25, 0.3) is 10.9 Å². The molecule has 186 valence electrons. The van der Waals surface area contributed by atoms with Crippen molar-refractivity contribution in [2.45, 2.75) is 46.7 Å². The molecule has 4 rings (SSSR count). The first kappa shape index (κ1) is 24.7. The van der Waals surface area contributed by atoms with Crippen LogP contribution in [0.15, 0.2) is 36.5 Å². The van der Waals surface area contributed by atoms with E-state index in [0.29, 0.717) is 4.48 Å². The van der Waals surface area contributed by atoms with Crippen LogP contribution in [0.5, 0.6) is 0 Å². The number of benzene rings is 1. The molecule has 1 unspecified atom stereocenters. The number of fused-ring (bicyclic) bond motifs is 3. The third kappa shape index (κ3) is 5.82. The van der Waals surface area contributed by atoms with Crippen molar-refractivity contribution in [3.63, 3.8) is 0 Å². The molecular formula is C27H35N4O4+. The van der Waals surface area contributed by atoms with Crippen molar-refractivity contribution in [2.75, 3.05) is 33.5 Å². The summed E-state index contributed by atoms with van der Waals surface area (Å²) in [6.45, 7) is 8.71. The molecule has 0 saturated heterocycles. The minimum atomic E-state index is -0.604. The predicted molar refractivity (Wildman–Crippen MR) is 134 cm³/mol. The third-order valence-electron chi connectivity index (χ3n) is 6.66. The van der Waals surface area contributed by atoms with Gasteiger partial charge in [0.25, 0.3) is 0 Å². The maximum atomic E-state index is 12.1. The van der Waals surface area contributed by atoms with Crippen molar-refractivity contribution in [3.8, 4) is 0 Å². The summed E-state index contributed by atoms with van der Waals surface area (Å²) in [5.74, 6) is -0.475. The molecule has 8 nitrogen and oxygen atoms in total. The number of pyridine rings is 1. The van der Waals surface area contributed by atoms with Gasteiger partial charge in [-0.3, -0.25) is 14.3 Å². The molecule has 1 amide bonds. The lowest BCUT2D eigenvalue weighted by molar-refractivity contribution is -0.940. The van der Waals surface area contributed by atoms with Gasteiger partial charge in [0.05, 0.1) is 20.2 Å². The number of amides is 1. The predicted octanol–water partition coefficient (Wildman–Crippen LogP) is 3.65. The Morgan fingerprint density at radius 3 is 2.74 bits per heavy atom. The number of nitrogens with one attached hydrogen (secondary N) is 1. The molecule has 0 saturated carbocycles. The second-order valence-electron chi connectivity index (χ2n) is 9.63. The summed E-state index contributed by atoms with van der Waals surface area (Å²) in [6.07, 6.45) is 3.19. The van der Waals surface area contributed by atoms with Crippen LogP contribution in [-0.4, -0.2) is 59.6 Å². The van der Waals surface area contributed by atoms with Gasteiger partial charge in [0.15, 0.2) is 0 Å². The lowest BCUT2D eigenvalue weighted by atomic mass is 10.0. The first-order valence-electron chi connectivity index (χ1n) is 12.2. The molecular weight excluding hydrogens is 444 g/mol. The number of hydrogen-bond donors (Lipinski definition) is 1. The number of hydrogen-bond acceptors (Lipinski definition) is 5. The van der Waals surface area contributed by atoms with Crippen LogP contribution in [-0.2, 0) is 40.2 Å². The van der Waals surface area contributed by atoms with Crippen LogP contribution >= 0.6 is 0 Å². The van der Waals surface area contributed by atoms with Crippen molar-refractivity contribution in [1.82, 2.24) is 14.9 Å². The standard InChI is InChI=1S/C27H34N4O4/c1-5-34-26(32)16-29-27(33)35-18-31(4)13-11-25-23(17-31)22-14-19(2)6-9-24(22)30(25)12-10-21-8-7-20(3)28-15-21/h6-9,14-15H,5,10-13,16-18H2,1-4H3/p+1. The topological polar surface area (TPSA) is 82.5 Å². The Morgan fingerprint density at radius 1 is 1.17 bits per heavy atom. The number of quaternary nitrogens is 1. The van der Waals surface area contributed by atoms with Gasteiger partial charge < -0.3 is 19.4 Å². The number of alkyl carbamates (subject to hydrolysis) is 1. The number of aromatic nitrogens is 2. The van der Waals surface area contributed by atoms with Crippen molar-refractivity contribution in [3.05, 3.63) is 64.6 Å². The molecule has 0 spiro atoms. The van der Waals surface area contributed by atoms with Gasteiger partial charge in [-0.25, -0.2) is 4.79 Å². The molecule has 1 aliphatic heterocycles. The van der Waals surface area contributed by atoms with Crippen molar-refractivity contribution < 1.29 is 23.5 Å². The second kappa shape index (κ2) is 10.5. The van der Waals surface area contributed by atoms with E-state index in [2.05, 4.69) is 59.2 Å². The van der Waals surface area contributed by atoms with Crippen LogP contribution in [0, 0.1) is 13.8 Å². The average Bonchev–Trinajstić information content (AvgIpc) is 3.13. The number of rotatable bonds is 8. The maximum absolute atomic E-state index is 12.1. The molecule has 2 aromatic heterocycles. The molecule has 0 fully saturated rings. The molecule has 3 heterocycles. The highest BCUT2D eigenvalue weighted by Gasteiger charge is 2.34. The highest BCUT2D eigenvalue weighted by molar-refractivity contribution is 5.86. The smallest absolute Gasteiger partial charge is 0.411 e. The van der Waals surface area contributed by atoms with Crippen LogP contribution in [0.3, 0.4) is 0 Å². The van der Waals surface area contributed by atoms with Crippen molar-refractivity contribution in [1.29, 1.82) is 0 Å². The Labute approximate surface area is 206 Å². The van der Waals surface area contributed by atoms with Crippen LogP contribution in [0.1, 0.15) is 35.0 Å². The molecule has 1 aliphatic rings. The molecule has 1 aromatic carbocycles. The minimum absolute atomic E-state index is 0.191. The van der Waals surface area contributed by atoms with Gasteiger partial charge >= 0.3 is 12.1 Å². The Hall–Kier alpha value is -3.39. The van der Waals surface area contributed by atoms with E-state index < -0.39 is 12.1 Å². The number of nitrogens with zero attached hydrogens (tertiary/aromatic N) is 3. The average molecular weight is 480 g/mol. The van der Waals surface area contributed by atoms with E-state index in [-0.39, 0.29) is 19.9 Å². The molecule has 35 heavy (non-hydrogen) atoms. The number of ether oxygens (including phenoxy) is 2. The Kier molecular flexibility index (Phi) is 7.40. The van der Waals surface area contributed by atoms with Gasteiger partial charge in [-0.05, 0) is 51.0 Å². The number of carbonyl (C=O) groups is 2. The summed E-state index contributed by atoms with van der Waals surface area (Å²) in [6, 6.07) is 10.9. The lowest BCUT2D eigenvalue weighted by Gasteiger charge is -2.37. The summed E-state index contributed by atoms with van der Waals surface area (Å²) in [4.78, 5) is 28.0. The normalized spacial score (nSPS) is 17.1. The van der Waals surface area contributed by atoms with E-state index in [1.54, 1.807) is 6.92 Å². The fourth-order valence-corrected chi connectivity index (χ4v) is 4.76. The molecule has 3 aromatic rings. The van der Waals surface area contributed by atoms with Gasteiger partial charge in [-0.2, -0.15) is 0 Å². The molecule has 1 N–H and O–H groups in total. The Morgan fingerprint density at radius 2 is 2.00 bits per heavy atom. The number of aryl methyl sites for hydroxylation is 4. The summed E-state index contributed by atoms with van der Waals surface area (Å²) in [7, 11) is 2.11. The molecule has 0 aliphatic carbocycles. The van der Waals surface area contributed by atoms with E-state index in [4.69, 9.17) is 9.47 Å². The largest absolute Gasteiger partial charge is 0.465 e. The highest BCUT2D eigenvalue weighted by atomic mass is 16.6. The molecule has 0 bridgehead atoms. The summed E-state index contributed by atoms with van der Waals surface area (Å²) >= 11 is 0. The number of carbonyl (C=O) groups excluding carboxylic acids is 2. The molecule has 0 radical (unpaired) electrons. The van der Waals surface area contributed by atoms with Gasteiger partial charge in [0.2, 0.25) is 6.73 Å². The first-order valence-corrected chi connectivity index (χ1v) is 12.2. The summed E-state index contributed by atoms with van der Waals surface area (Å²) in [5, 5.41) is 3.74. The minimum Gasteiger partial charge on any atom is -0.465 e. The van der Waals surface area contributed by atoms with Crippen molar-refractivity contribution >= 4 is 23.0 Å². The van der Waals surface area contributed by atoms with Crippen molar-refractivity contribution in [2.24, 2.45) is 0 Å². The Bertz CT molecular complexity index is 1220. The lowest BCUT2D eigenvalue weighted by Crippen LogP contribution is -2.50. The van der Waals surface area contributed by atoms with E-state index in [1.807, 2.05) is 13.1 Å².